The standard InChI is InChI=1S/C7H11FO/c8-6-2-1-3-7(9)5-4-6/h6H,1-5H2. The van der Waals surface area contributed by atoms with Gasteiger partial charge in [0.15, 0.2) is 0 Å². The van der Waals surface area contributed by atoms with Gasteiger partial charge in [-0.15, -0.1) is 0 Å². The summed E-state index contributed by atoms with van der Waals surface area (Å²) < 4.78 is 12.5. The molecule has 0 bridgehead atoms. The van der Waals surface area contributed by atoms with Crippen molar-refractivity contribution in [3.05, 3.63) is 0 Å². The van der Waals surface area contributed by atoms with Gasteiger partial charge >= 0.3 is 0 Å². The molecule has 0 heterocycles. The molecule has 1 saturated carbocycles. The zero-order valence-corrected chi connectivity index (χ0v) is 5.40. The molecule has 1 atom stereocenters. The minimum atomic E-state index is -0.712. The molecule has 9 heavy (non-hydrogen) atoms. The quantitative estimate of drug-likeness (QED) is 0.457. The third-order valence-corrected chi connectivity index (χ3v) is 1.71. The summed E-state index contributed by atoms with van der Waals surface area (Å²) in [5.74, 6) is 0.232. The van der Waals surface area contributed by atoms with Crippen LogP contribution < -0.4 is 0 Å². The number of hydrogen-bond acceptors (Lipinski definition) is 1. The van der Waals surface area contributed by atoms with Crippen LogP contribution in [0.15, 0.2) is 0 Å². The maximum absolute atomic E-state index is 12.5. The van der Waals surface area contributed by atoms with Gasteiger partial charge in [-0.3, -0.25) is 4.79 Å². The first-order chi connectivity index (χ1) is 4.29. The molecule has 0 amide bonds. The molecular weight excluding hydrogens is 119 g/mol. The van der Waals surface area contributed by atoms with Crippen LogP contribution in [-0.4, -0.2) is 12.0 Å². The summed E-state index contributed by atoms with van der Waals surface area (Å²) in [5.41, 5.74) is 0. The molecule has 0 N–H and O–H groups in total. The second-order valence-corrected chi connectivity index (χ2v) is 2.57. The molecule has 0 radical (unpaired) electrons. The van der Waals surface area contributed by atoms with Crippen molar-refractivity contribution in [1.82, 2.24) is 0 Å². The van der Waals surface area contributed by atoms with E-state index in [0.29, 0.717) is 25.7 Å². The Labute approximate surface area is 54.3 Å². The highest BCUT2D eigenvalue weighted by molar-refractivity contribution is 5.78. The maximum atomic E-state index is 12.5. The van der Waals surface area contributed by atoms with Gasteiger partial charge in [0, 0.05) is 12.8 Å². The average Bonchev–Trinajstić information content (AvgIpc) is 1.97. The van der Waals surface area contributed by atoms with Gasteiger partial charge in [0.1, 0.15) is 12.0 Å². The van der Waals surface area contributed by atoms with E-state index in [4.69, 9.17) is 0 Å². The number of carbonyl (C=O) groups excluding carboxylic acids is 1. The van der Waals surface area contributed by atoms with Gasteiger partial charge in [-0.05, 0) is 19.3 Å². The Morgan fingerprint density at radius 2 is 2.11 bits per heavy atom. The van der Waals surface area contributed by atoms with E-state index in [1.165, 1.54) is 0 Å². The molecule has 1 unspecified atom stereocenters. The Morgan fingerprint density at radius 3 is 2.89 bits per heavy atom. The fraction of sp³-hybridized carbons (Fsp3) is 0.857. The monoisotopic (exact) mass is 130 g/mol. The van der Waals surface area contributed by atoms with Gasteiger partial charge in [-0.25, -0.2) is 4.39 Å². The van der Waals surface area contributed by atoms with E-state index in [-0.39, 0.29) is 5.78 Å². The van der Waals surface area contributed by atoms with Crippen molar-refractivity contribution in [3.63, 3.8) is 0 Å². The van der Waals surface area contributed by atoms with E-state index in [0.717, 1.165) is 6.42 Å². The lowest BCUT2D eigenvalue weighted by atomic mass is 10.2. The normalized spacial score (nSPS) is 29.9. The van der Waals surface area contributed by atoms with Crippen LogP contribution in [0.3, 0.4) is 0 Å². The van der Waals surface area contributed by atoms with Crippen molar-refractivity contribution >= 4 is 5.78 Å². The number of hydrogen-bond donors (Lipinski definition) is 0. The Morgan fingerprint density at radius 1 is 1.33 bits per heavy atom. The fourth-order valence-corrected chi connectivity index (χ4v) is 1.11. The minimum absolute atomic E-state index is 0.232. The van der Waals surface area contributed by atoms with Crippen molar-refractivity contribution in [2.45, 2.75) is 38.3 Å². The first-order valence-corrected chi connectivity index (χ1v) is 3.45. The van der Waals surface area contributed by atoms with Gasteiger partial charge in [-0.2, -0.15) is 0 Å². The molecule has 0 aromatic carbocycles. The Balaban J connectivity index is 2.34. The number of rotatable bonds is 0. The number of halogens is 1. The summed E-state index contributed by atoms with van der Waals surface area (Å²) in [6, 6.07) is 0. The van der Waals surface area contributed by atoms with Crippen LogP contribution in [0.1, 0.15) is 32.1 Å². The summed E-state index contributed by atoms with van der Waals surface area (Å²) in [6.45, 7) is 0. The smallest absolute Gasteiger partial charge is 0.133 e. The Hall–Kier alpha value is -0.400. The summed E-state index contributed by atoms with van der Waals surface area (Å²) in [4.78, 5) is 10.7. The highest BCUT2D eigenvalue weighted by Crippen LogP contribution is 2.16. The van der Waals surface area contributed by atoms with Gasteiger partial charge in [0.2, 0.25) is 0 Å². The predicted octanol–water partition coefficient (Wildman–Crippen LogP) is 1.86. The summed E-state index contributed by atoms with van der Waals surface area (Å²) in [6.07, 6.45) is 2.14. The van der Waals surface area contributed by atoms with Crippen LogP contribution in [0.4, 0.5) is 4.39 Å². The molecule has 0 spiro atoms. The summed E-state index contributed by atoms with van der Waals surface area (Å²) >= 11 is 0. The molecule has 2 heteroatoms. The highest BCUT2D eigenvalue weighted by atomic mass is 19.1. The average molecular weight is 130 g/mol. The van der Waals surface area contributed by atoms with Crippen LogP contribution in [0.2, 0.25) is 0 Å². The first kappa shape index (κ1) is 6.72. The first-order valence-electron chi connectivity index (χ1n) is 3.45. The molecule has 0 aromatic heterocycles. The minimum Gasteiger partial charge on any atom is -0.300 e. The number of ketones is 1. The van der Waals surface area contributed by atoms with Gasteiger partial charge in [0.25, 0.3) is 0 Å². The molecular formula is C7H11FO. The van der Waals surface area contributed by atoms with E-state index in [2.05, 4.69) is 0 Å². The SMILES string of the molecule is O=C1CCCC(F)CC1. The van der Waals surface area contributed by atoms with Gasteiger partial charge in [-0.1, -0.05) is 0 Å². The van der Waals surface area contributed by atoms with E-state index in [9.17, 15) is 9.18 Å². The zero-order chi connectivity index (χ0) is 6.69. The fourth-order valence-electron chi connectivity index (χ4n) is 1.11. The number of Topliss-reactive ketones (excluding diaryl/α,β-unsaturated/α-hetero) is 1. The third-order valence-electron chi connectivity index (χ3n) is 1.71. The van der Waals surface area contributed by atoms with Crippen molar-refractivity contribution in [2.75, 3.05) is 0 Å². The highest BCUT2D eigenvalue weighted by Gasteiger charge is 2.14. The zero-order valence-electron chi connectivity index (χ0n) is 5.40. The van der Waals surface area contributed by atoms with Crippen LogP contribution in [0, 0.1) is 0 Å². The lowest BCUT2D eigenvalue weighted by Gasteiger charge is -1.97. The van der Waals surface area contributed by atoms with Crippen LogP contribution in [0.5, 0.6) is 0 Å². The van der Waals surface area contributed by atoms with E-state index in [1.54, 1.807) is 0 Å². The van der Waals surface area contributed by atoms with Gasteiger partial charge < -0.3 is 0 Å². The molecule has 1 fully saturated rings. The van der Waals surface area contributed by atoms with E-state index >= 15 is 0 Å². The van der Waals surface area contributed by atoms with Crippen molar-refractivity contribution in [1.29, 1.82) is 0 Å². The molecule has 1 aliphatic rings. The second kappa shape index (κ2) is 2.95. The molecule has 1 nitrogen and oxygen atoms in total. The van der Waals surface area contributed by atoms with Crippen LogP contribution in [-0.2, 0) is 4.79 Å². The van der Waals surface area contributed by atoms with Crippen molar-refractivity contribution < 1.29 is 9.18 Å². The predicted molar refractivity (Wildman–Crippen MR) is 33.0 cm³/mol. The molecule has 0 saturated heterocycles. The maximum Gasteiger partial charge on any atom is 0.133 e. The lowest BCUT2D eigenvalue weighted by Crippen LogP contribution is -1.97. The van der Waals surface area contributed by atoms with Crippen molar-refractivity contribution in [2.24, 2.45) is 0 Å². The third kappa shape index (κ3) is 2.12. The topological polar surface area (TPSA) is 17.1 Å². The molecule has 52 valence electrons. The molecule has 0 aliphatic heterocycles. The molecule has 1 aliphatic carbocycles. The molecule has 0 aromatic rings. The summed E-state index contributed by atoms with van der Waals surface area (Å²) in [7, 11) is 0. The number of carbonyl (C=O) groups is 1. The molecule has 1 rings (SSSR count). The number of alkyl halides is 1. The largest absolute Gasteiger partial charge is 0.300 e. The Bertz CT molecular complexity index is 111. The van der Waals surface area contributed by atoms with Gasteiger partial charge in [0.05, 0.1) is 0 Å². The summed E-state index contributed by atoms with van der Waals surface area (Å²) in [5, 5.41) is 0. The lowest BCUT2D eigenvalue weighted by molar-refractivity contribution is -0.118. The van der Waals surface area contributed by atoms with Crippen LogP contribution >= 0.6 is 0 Å². The van der Waals surface area contributed by atoms with E-state index < -0.39 is 6.17 Å². The van der Waals surface area contributed by atoms with E-state index in [1.807, 2.05) is 0 Å². The van der Waals surface area contributed by atoms with Crippen LogP contribution in [0.25, 0.3) is 0 Å². The van der Waals surface area contributed by atoms with Crippen molar-refractivity contribution in [3.8, 4) is 0 Å². The second-order valence-electron chi connectivity index (χ2n) is 2.57. The Kier molecular flexibility index (Phi) is 2.20.